The Morgan fingerprint density at radius 2 is 1.86 bits per heavy atom. The summed E-state index contributed by atoms with van der Waals surface area (Å²) in [6.45, 7) is 7.71. The number of hydrogen-bond donors (Lipinski definition) is 0. The van der Waals surface area contributed by atoms with Crippen LogP contribution in [0.15, 0.2) is 24.3 Å². The van der Waals surface area contributed by atoms with Crippen molar-refractivity contribution in [3.8, 4) is 0 Å². The normalized spacial score (nSPS) is 11.9. The van der Waals surface area contributed by atoms with E-state index in [0.717, 1.165) is 54.8 Å². The van der Waals surface area contributed by atoms with E-state index >= 15 is 0 Å². The van der Waals surface area contributed by atoms with Gasteiger partial charge in [0, 0.05) is 29.9 Å². The number of aryl methyl sites for hydroxylation is 1. The number of pyridine rings is 1. The van der Waals surface area contributed by atoms with Gasteiger partial charge in [-0.2, -0.15) is 13.2 Å². The summed E-state index contributed by atoms with van der Waals surface area (Å²) in [6, 6.07) is 5.76. The molecule has 2 rings (SSSR count). The Balaban J connectivity index is 2.55. The lowest BCUT2D eigenvalue weighted by molar-refractivity contribution is -0.137. The van der Waals surface area contributed by atoms with Gasteiger partial charge in [0.25, 0.3) is 0 Å². The van der Waals surface area contributed by atoms with Gasteiger partial charge in [0.15, 0.2) is 0 Å². The number of benzene rings is 1. The van der Waals surface area contributed by atoms with Crippen molar-refractivity contribution in [2.75, 3.05) is 18.0 Å². The fourth-order valence-electron chi connectivity index (χ4n) is 2.57. The first kappa shape index (κ1) is 16.6. The largest absolute Gasteiger partial charge is 0.416 e. The maximum Gasteiger partial charge on any atom is 0.416 e. The van der Waals surface area contributed by atoms with Gasteiger partial charge in [-0.1, -0.05) is 19.4 Å². The SMILES string of the molecule is CCCCN(CC)c1cc(C)nc2cc(C(F)(F)F)ccc12. The topological polar surface area (TPSA) is 16.1 Å². The zero-order chi connectivity index (χ0) is 16.3. The van der Waals surface area contributed by atoms with Crippen LogP contribution < -0.4 is 4.90 Å². The molecule has 0 spiro atoms. The summed E-state index contributed by atoms with van der Waals surface area (Å²) in [7, 11) is 0. The average Bonchev–Trinajstić information content (AvgIpc) is 2.46. The second kappa shape index (κ2) is 6.55. The van der Waals surface area contributed by atoms with Gasteiger partial charge in [-0.15, -0.1) is 0 Å². The van der Waals surface area contributed by atoms with E-state index in [1.165, 1.54) is 6.07 Å². The lowest BCUT2D eigenvalue weighted by atomic mass is 10.1. The van der Waals surface area contributed by atoms with Crippen molar-refractivity contribution in [3.05, 3.63) is 35.5 Å². The minimum Gasteiger partial charge on any atom is -0.371 e. The number of anilines is 1. The number of rotatable bonds is 5. The van der Waals surface area contributed by atoms with E-state index in [0.29, 0.717) is 5.52 Å². The Hall–Kier alpha value is -1.78. The maximum absolute atomic E-state index is 12.9. The Labute approximate surface area is 129 Å². The molecule has 22 heavy (non-hydrogen) atoms. The number of alkyl halides is 3. The minimum atomic E-state index is -4.34. The van der Waals surface area contributed by atoms with Crippen LogP contribution in [0.3, 0.4) is 0 Å². The molecule has 1 aromatic heterocycles. The highest BCUT2D eigenvalue weighted by Crippen LogP contribution is 2.34. The van der Waals surface area contributed by atoms with Crippen molar-refractivity contribution in [3.63, 3.8) is 0 Å². The lowest BCUT2D eigenvalue weighted by Crippen LogP contribution is -2.24. The molecule has 0 atom stereocenters. The standard InChI is InChI=1S/C17H21F3N2/c1-4-6-9-22(5-2)16-10-12(3)21-15-11-13(17(18,19)20)7-8-14(15)16/h7-8,10-11H,4-6,9H2,1-3H3. The Morgan fingerprint density at radius 1 is 1.14 bits per heavy atom. The highest BCUT2D eigenvalue weighted by Gasteiger charge is 2.30. The molecule has 0 saturated heterocycles. The number of halogens is 3. The smallest absolute Gasteiger partial charge is 0.371 e. The van der Waals surface area contributed by atoms with Crippen molar-refractivity contribution in [1.82, 2.24) is 4.98 Å². The van der Waals surface area contributed by atoms with E-state index in [4.69, 9.17) is 0 Å². The summed E-state index contributed by atoms with van der Waals surface area (Å²) in [4.78, 5) is 6.48. The quantitative estimate of drug-likeness (QED) is 0.755. The van der Waals surface area contributed by atoms with Crippen LogP contribution >= 0.6 is 0 Å². The van der Waals surface area contributed by atoms with E-state index in [-0.39, 0.29) is 0 Å². The first-order valence-electron chi connectivity index (χ1n) is 7.60. The van der Waals surface area contributed by atoms with E-state index < -0.39 is 11.7 Å². The van der Waals surface area contributed by atoms with Crippen LogP contribution in [0.5, 0.6) is 0 Å². The van der Waals surface area contributed by atoms with Crippen molar-refractivity contribution in [1.29, 1.82) is 0 Å². The molecule has 0 aliphatic heterocycles. The Morgan fingerprint density at radius 3 is 2.45 bits per heavy atom. The number of hydrogen-bond acceptors (Lipinski definition) is 2. The summed E-state index contributed by atoms with van der Waals surface area (Å²) in [6.07, 6.45) is -2.21. The van der Waals surface area contributed by atoms with Crippen molar-refractivity contribution >= 4 is 16.6 Å². The fourth-order valence-corrected chi connectivity index (χ4v) is 2.57. The summed E-state index contributed by atoms with van der Waals surface area (Å²) < 4.78 is 38.6. The molecule has 1 aromatic carbocycles. The van der Waals surface area contributed by atoms with Crippen molar-refractivity contribution in [2.45, 2.75) is 39.8 Å². The highest BCUT2D eigenvalue weighted by atomic mass is 19.4. The van der Waals surface area contributed by atoms with Crippen LogP contribution in [-0.2, 0) is 6.18 Å². The molecule has 0 N–H and O–H groups in total. The van der Waals surface area contributed by atoms with Gasteiger partial charge in [-0.05, 0) is 38.5 Å². The molecule has 0 bridgehead atoms. The molecular formula is C17H21F3N2. The molecule has 2 aromatic rings. The maximum atomic E-state index is 12.9. The predicted octanol–water partition coefficient (Wildman–Crippen LogP) is 5.19. The number of nitrogens with zero attached hydrogens (tertiary/aromatic N) is 2. The van der Waals surface area contributed by atoms with Crippen LogP contribution in [-0.4, -0.2) is 18.1 Å². The summed E-state index contributed by atoms with van der Waals surface area (Å²) >= 11 is 0. The molecule has 0 aliphatic rings. The van der Waals surface area contributed by atoms with Crippen LogP contribution in [0.25, 0.3) is 10.9 Å². The molecule has 0 amide bonds. The molecule has 5 heteroatoms. The van der Waals surface area contributed by atoms with E-state index in [1.807, 2.05) is 13.0 Å². The molecular weight excluding hydrogens is 289 g/mol. The van der Waals surface area contributed by atoms with E-state index in [9.17, 15) is 13.2 Å². The number of unbranched alkanes of at least 4 members (excludes halogenated alkanes) is 1. The Kier molecular flexibility index (Phi) is 4.94. The highest BCUT2D eigenvalue weighted by molar-refractivity contribution is 5.92. The predicted molar refractivity (Wildman–Crippen MR) is 84.3 cm³/mol. The van der Waals surface area contributed by atoms with Crippen LogP contribution in [0.1, 0.15) is 37.9 Å². The molecule has 120 valence electrons. The molecule has 0 radical (unpaired) electrons. The fraction of sp³-hybridized carbons (Fsp3) is 0.471. The first-order chi connectivity index (χ1) is 10.4. The third kappa shape index (κ3) is 3.51. The van der Waals surface area contributed by atoms with Gasteiger partial charge in [0.1, 0.15) is 0 Å². The second-order valence-electron chi connectivity index (χ2n) is 5.45. The monoisotopic (exact) mass is 310 g/mol. The van der Waals surface area contributed by atoms with Gasteiger partial charge < -0.3 is 4.90 Å². The lowest BCUT2D eigenvalue weighted by Gasteiger charge is -2.25. The van der Waals surface area contributed by atoms with Crippen LogP contribution in [0, 0.1) is 6.92 Å². The second-order valence-corrected chi connectivity index (χ2v) is 5.45. The van der Waals surface area contributed by atoms with Gasteiger partial charge in [0.05, 0.1) is 11.1 Å². The van der Waals surface area contributed by atoms with Crippen LogP contribution in [0.2, 0.25) is 0 Å². The number of fused-ring (bicyclic) bond motifs is 1. The van der Waals surface area contributed by atoms with Gasteiger partial charge >= 0.3 is 6.18 Å². The molecule has 2 nitrogen and oxygen atoms in total. The molecule has 1 heterocycles. The summed E-state index contributed by atoms with van der Waals surface area (Å²) in [5.74, 6) is 0. The molecule has 0 aliphatic carbocycles. The molecule has 0 saturated carbocycles. The summed E-state index contributed by atoms with van der Waals surface area (Å²) in [5, 5.41) is 0.775. The van der Waals surface area contributed by atoms with Crippen LogP contribution in [0.4, 0.5) is 18.9 Å². The zero-order valence-electron chi connectivity index (χ0n) is 13.2. The van der Waals surface area contributed by atoms with E-state index in [1.54, 1.807) is 0 Å². The van der Waals surface area contributed by atoms with Gasteiger partial charge in [0.2, 0.25) is 0 Å². The molecule has 0 fully saturated rings. The summed E-state index contributed by atoms with van der Waals surface area (Å²) in [5.41, 5.74) is 1.45. The van der Waals surface area contributed by atoms with Crippen molar-refractivity contribution < 1.29 is 13.2 Å². The first-order valence-corrected chi connectivity index (χ1v) is 7.60. The zero-order valence-corrected chi connectivity index (χ0v) is 13.2. The minimum absolute atomic E-state index is 0.403. The van der Waals surface area contributed by atoms with Gasteiger partial charge in [-0.3, -0.25) is 4.98 Å². The van der Waals surface area contributed by atoms with Crippen molar-refractivity contribution in [2.24, 2.45) is 0 Å². The Bertz CT molecular complexity index is 650. The molecule has 0 unspecified atom stereocenters. The van der Waals surface area contributed by atoms with Gasteiger partial charge in [-0.25, -0.2) is 0 Å². The third-order valence-corrected chi connectivity index (χ3v) is 3.75. The van der Waals surface area contributed by atoms with E-state index in [2.05, 4.69) is 23.7 Å². The third-order valence-electron chi connectivity index (χ3n) is 3.75. The average molecular weight is 310 g/mol. The number of aromatic nitrogens is 1.